The second-order valence-electron chi connectivity index (χ2n) is 5.04. The van der Waals surface area contributed by atoms with Gasteiger partial charge in [0.15, 0.2) is 0 Å². The van der Waals surface area contributed by atoms with Gasteiger partial charge < -0.3 is 10.6 Å². The van der Waals surface area contributed by atoms with Crippen LogP contribution in [0.3, 0.4) is 0 Å². The molecular weight excluding hydrogens is 314 g/mol. The number of amides is 2. The molecule has 1 aromatic heterocycles. The fraction of sp³-hybridized carbons (Fsp3) is 0.235. The van der Waals surface area contributed by atoms with Crippen LogP contribution in [0.4, 0.5) is 0 Å². The molecule has 0 aliphatic heterocycles. The van der Waals surface area contributed by atoms with Crippen LogP contribution in [-0.2, 0) is 22.6 Å². The maximum Gasteiger partial charge on any atom is 0.229 e. The molecule has 0 aliphatic carbocycles. The number of halogens is 1. The van der Waals surface area contributed by atoms with Gasteiger partial charge in [0.2, 0.25) is 11.8 Å². The molecule has 2 N–H and O–H groups in total. The monoisotopic (exact) mass is 331 g/mol. The third-order valence-electron chi connectivity index (χ3n) is 3.18. The summed E-state index contributed by atoms with van der Waals surface area (Å²) in [4.78, 5) is 27.4. The lowest BCUT2D eigenvalue weighted by Gasteiger charge is -2.07. The standard InChI is InChI=1S/C17H18ClN3O2/c18-15-5-3-13(4-6-15)7-9-20-16(22)10-17(23)21-12-14-2-1-8-19-11-14/h1-6,8,11H,7,9-10,12H2,(H,20,22)(H,21,23). The van der Waals surface area contributed by atoms with Gasteiger partial charge in [-0.05, 0) is 35.7 Å². The molecule has 5 nitrogen and oxygen atoms in total. The van der Waals surface area contributed by atoms with Crippen molar-refractivity contribution < 1.29 is 9.59 Å². The summed E-state index contributed by atoms with van der Waals surface area (Å²) in [6, 6.07) is 11.1. The van der Waals surface area contributed by atoms with E-state index in [9.17, 15) is 9.59 Å². The number of benzene rings is 1. The minimum absolute atomic E-state index is 0.180. The highest BCUT2D eigenvalue weighted by Crippen LogP contribution is 2.09. The quantitative estimate of drug-likeness (QED) is 0.763. The molecule has 0 atom stereocenters. The molecule has 0 fully saturated rings. The zero-order valence-corrected chi connectivity index (χ0v) is 13.3. The third kappa shape index (κ3) is 6.48. The molecule has 0 spiro atoms. The molecule has 0 radical (unpaired) electrons. The van der Waals surface area contributed by atoms with Crippen molar-refractivity contribution in [2.45, 2.75) is 19.4 Å². The van der Waals surface area contributed by atoms with Crippen molar-refractivity contribution >= 4 is 23.4 Å². The molecule has 0 aliphatic rings. The minimum atomic E-state index is -0.308. The van der Waals surface area contributed by atoms with E-state index in [1.54, 1.807) is 18.5 Å². The van der Waals surface area contributed by atoms with Gasteiger partial charge in [-0.15, -0.1) is 0 Å². The number of carbonyl (C=O) groups excluding carboxylic acids is 2. The van der Waals surface area contributed by atoms with Crippen molar-refractivity contribution in [2.75, 3.05) is 6.54 Å². The Kier molecular flexibility index (Phi) is 6.56. The highest BCUT2D eigenvalue weighted by atomic mass is 35.5. The SMILES string of the molecule is O=C(CC(=O)NCc1cccnc1)NCCc1ccc(Cl)cc1. The number of carbonyl (C=O) groups is 2. The highest BCUT2D eigenvalue weighted by Gasteiger charge is 2.08. The van der Waals surface area contributed by atoms with E-state index >= 15 is 0 Å². The zero-order valence-electron chi connectivity index (χ0n) is 12.6. The van der Waals surface area contributed by atoms with Gasteiger partial charge >= 0.3 is 0 Å². The summed E-state index contributed by atoms with van der Waals surface area (Å²) in [5.41, 5.74) is 1.97. The Bertz CT molecular complexity index is 645. The van der Waals surface area contributed by atoms with Crippen LogP contribution < -0.4 is 10.6 Å². The highest BCUT2D eigenvalue weighted by molar-refractivity contribution is 6.30. The summed E-state index contributed by atoms with van der Waals surface area (Å²) in [7, 11) is 0. The first kappa shape index (κ1) is 17.0. The molecule has 2 rings (SSSR count). The molecule has 23 heavy (non-hydrogen) atoms. The van der Waals surface area contributed by atoms with E-state index in [1.807, 2.05) is 30.3 Å². The van der Waals surface area contributed by atoms with Gasteiger partial charge in [0.25, 0.3) is 0 Å². The van der Waals surface area contributed by atoms with Crippen molar-refractivity contribution in [1.82, 2.24) is 15.6 Å². The average Bonchev–Trinajstić information content (AvgIpc) is 2.56. The van der Waals surface area contributed by atoms with Crippen molar-refractivity contribution in [2.24, 2.45) is 0 Å². The molecule has 1 aromatic carbocycles. The van der Waals surface area contributed by atoms with Crippen LogP contribution in [0.5, 0.6) is 0 Å². The smallest absolute Gasteiger partial charge is 0.229 e. The van der Waals surface area contributed by atoms with Gasteiger partial charge in [-0.1, -0.05) is 29.8 Å². The Morgan fingerprint density at radius 3 is 2.43 bits per heavy atom. The molecule has 120 valence electrons. The van der Waals surface area contributed by atoms with E-state index in [0.29, 0.717) is 24.5 Å². The van der Waals surface area contributed by atoms with Crippen LogP contribution in [0.15, 0.2) is 48.8 Å². The predicted octanol–water partition coefficient (Wildman–Crippen LogP) is 2.10. The van der Waals surface area contributed by atoms with E-state index < -0.39 is 0 Å². The predicted molar refractivity (Wildman–Crippen MR) is 88.9 cm³/mol. The first-order valence-corrected chi connectivity index (χ1v) is 7.68. The number of rotatable bonds is 7. The molecular formula is C17H18ClN3O2. The molecule has 1 heterocycles. The average molecular weight is 332 g/mol. The number of nitrogens with one attached hydrogen (secondary N) is 2. The lowest BCUT2D eigenvalue weighted by atomic mass is 10.1. The Morgan fingerprint density at radius 2 is 1.74 bits per heavy atom. The summed E-state index contributed by atoms with van der Waals surface area (Å²) >= 11 is 5.81. The zero-order chi connectivity index (χ0) is 16.5. The van der Waals surface area contributed by atoms with E-state index in [4.69, 9.17) is 11.6 Å². The van der Waals surface area contributed by atoms with E-state index in [-0.39, 0.29) is 18.2 Å². The van der Waals surface area contributed by atoms with Crippen molar-refractivity contribution in [3.63, 3.8) is 0 Å². The van der Waals surface area contributed by atoms with Gasteiger partial charge in [-0.2, -0.15) is 0 Å². The van der Waals surface area contributed by atoms with E-state index in [2.05, 4.69) is 15.6 Å². The topological polar surface area (TPSA) is 71.1 Å². The number of aromatic nitrogens is 1. The molecule has 0 saturated carbocycles. The molecule has 2 amide bonds. The summed E-state index contributed by atoms with van der Waals surface area (Å²) in [5, 5.41) is 6.10. The number of hydrogen-bond donors (Lipinski definition) is 2. The van der Waals surface area contributed by atoms with Gasteiger partial charge in [-0.25, -0.2) is 0 Å². The van der Waals surface area contributed by atoms with E-state index in [1.165, 1.54) is 0 Å². The van der Waals surface area contributed by atoms with Gasteiger partial charge in [-0.3, -0.25) is 14.6 Å². The first-order chi connectivity index (χ1) is 11.1. The van der Waals surface area contributed by atoms with Crippen LogP contribution in [0.2, 0.25) is 5.02 Å². The van der Waals surface area contributed by atoms with Crippen LogP contribution in [0.1, 0.15) is 17.5 Å². The summed E-state index contributed by atoms with van der Waals surface area (Å²) < 4.78 is 0. The van der Waals surface area contributed by atoms with Gasteiger partial charge in [0.1, 0.15) is 6.42 Å². The molecule has 2 aromatic rings. The van der Waals surface area contributed by atoms with Crippen LogP contribution in [0.25, 0.3) is 0 Å². The summed E-state index contributed by atoms with van der Waals surface area (Å²) in [6.07, 6.45) is 3.85. The maximum atomic E-state index is 11.7. The third-order valence-corrected chi connectivity index (χ3v) is 3.43. The Hall–Kier alpha value is -2.40. The van der Waals surface area contributed by atoms with Gasteiger partial charge in [0, 0.05) is 30.5 Å². The van der Waals surface area contributed by atoms with Crippen LogP contribution >= 0.6 is 11.6 Å². The Morgan fingerprint density at radius 1 is 1.00 bits per heavy atom. The van der Waals surface area contributed by atoms with Gasteiger partial charge in [0.05, 0.1) is 0 Å². The lowest BCUT2D eigenvalue weighted by molar-refractivity contribution is -0.129. The van der Waals surface area contributed by atoms with Crippen LogP contribution in [0, 0.1) is 0 Å². The van der Waals surface area contributed by atoms with Crippen molar-refractivity contribution in [1.29, 1.82) is 0 Å². The van der Waals surface area contributed by atoms with Crippen molar-refractivity contribution in [3.8, 4) is 0 Å². The second-order valence-corrected chi connectivity index (χ2v) is 5.48. The number of hydrogen-bond acceptors (Lipinski definition) is 3. The Labute approximate surface area is 140 Å². The normalized spacial score (nSPS) is 10.1. The second kappa shape index (κ2) is 8.90. The number of pyridine rings is 1. The maximum absolute atomic E-state index is 11.7. The molecule has 6 heteroatoms. The fourth-order valence-corrected chi connectivity index (χ4v) is 2.10. The van der Waals surface area contributed by atoms with Crippen molar-refractivity contribution in [3.05, 3.63) is 64.9 Å². The Balaban J connectivity index is 1.64. The fourth-order valence-electron chi connectivity index (χ4n) is 1.97. The van der Waals surface area contributed by atoms with Crippen LogP contribution in [-0.4, -0.2) is 23.3 Å². The molecule has 0 saturated heterocycles. The minimum Gasteiger partial charge on any atom is -0.355 e. The molecule has 0 bridgehead atoms. The lowest BCUT2D eigenvalue weighted by Crippen LogP contribution is -2.32. The number of nitrogens with zero attached hydrogens (tertiary/aromatic N) is 1. The van der Waals surface area contributed by atoms with E-state index in [0.717, 1.165) is 11.1 Å². The largest absolute Gasteiger partial charge is 0.355 e. The summed E-state index contributed by atoms with van der Waals surface area (Å²) in [6.45, 7) is 0.848. The molecule has 0 unspecified atom stereocenters. The summed E-state index contributed by atoms with van der Waals surface area (Å²) in [5.74, 6) is -0.597. The first-order valence-electron chi connectivity index (χ1n) is 7.30.